The maximum atomic E-state index is 12.2. The van der Waals surface area contributed by atoms with E-state index in [2.05, 4.69) is 6.58 Å². The van der Waals surface area contributed by atoms with Gasteiger partial charge in [-0.3, -0.25) is 0 Å². The van der Waals surface area contributed by atoms with E-state index in [9.17, 15) is 24.6 Å². The first-order chi connectivity index (χ1) is 14.2. The smallest absolute Gasteiger partial charge is 0.336 e. The van der Waals surface area contributed by atoms with Gasteiger partial charge in [0.15, 0.2) is 0 Å². The van der Waals surface area contributed by atoms with Crippen molar-refractivity contribution >= 4 is 17.9 Å². The van der Waals surface area contributed by atoms with Gasteiger partial charge in [0.25, 0.3) is 0 Å². The SMILES string of the molecule is C=C(C)C(=O)OCCCc1c(C)cc(C(=O)O)c(-c2ccc(OC)cc2)c1C(=O)O. The number of carbonyl (C=O) groups is 3. The number of hydrogen-bond donors (Lipinski definition) is 2. The summed E-state index contributed by atoms with van der Waals surface area (Å²) in [5.74, 6) is -2.38. The van der Waals surface area contributed by atoms with Crippen LogP contribution in [0.2, 0.25) is 0 Å². The molecule has 7 nitrogen and oxygen atoms in total. The zero-order valence-corrected chi connectivity index (χ0v) is 17.2. The molecule has 30 heavy (non-hydrogen) atoms. The van der Waals surface area contributed by atoms with E-state index in [1.807, 2.05) is 0 Å². The maximum Gasteiger partial charge on any atom is 0.336 e. The summed E-state index contributed by atoms with van der Waals surface area (Å²) in [5.41, 5.74) is 1.78. The highest BCUT2D eigenvalue weighted by molar-refractivity contribution is 6.06. The molecule has 0 aliphatic rings. The van der Waals surface area contributed by atoms with Crippen molar-refractivity contribution in [2.75, 3.05) is 13.7 Å². The van der Waals surface area contributed by atoms with Gasteiger partial charge in [-0.1, -0.05) is 18.7 Å². The van der Waals surface area contributed by atoms with Crippen molar-refractivity contribution in [1.29, 1.82) is 0 Å². The highest BCUT2D eigenvalue weighted by Gasteiger charge is 2.25. The number of rotatable bonds is 9. The van der Waals surface area contributed by atoms with E-state index in [1.165, 1.54) is 13.2 Å². The normalized spacial score (nSPS) is 10.4. The van der Waals surface area contributed by atoms with Crippen LogP contribution in [-0.2, 0) is 16.0 Å². The molecule has 2 aromatic carbocycles. The molecule has 7 heteroatoms. The highest BCUT2D eigenvalue weighted by atomic mass is 16.5. The van der Waals surface area contributed by atoms with E-state index in [4.69, 9.17) is 9.47 Å². The molecule has 158 valence electrons. The predicted octanol–water partition coefficient (Wildman–Crippen LogP) is 4.12. The fourth-order valence-corrected chi connectivity index (χ4v) is 3.18. The second kappa shape index (κ2) is 9.73. The zero-order valence-electron chi connectivity index (χ0n) is 17.2. The zero-order chi connectivity index (χ0) is 22.4. The summed E-state index contributed by atoms with van der Waals surface area (Å²) < 4.78 is 10.2. The number of carboxylic acid groups (broad SMARTS) is 2. The number of esters is 1. The van der Waals surface area contributed by atoms with Gasteiger partial charge < -0.3 is 19.7 Å². The van der Waals surface area contributed by atoms with Crippen LogP contribution < -0.4 is 4.74 Å². The second-order valence-corrected chi connectivity index (χ2v) is 6.83. The van der Waals surface area contributed by atoms with E-state index in [1.54, 1.807) is 38.1 Å². The molecule has 0 saturated heterocycles. The minimum Gasteiger partial charge on any atom is -0.497 e. The Morgan fingerprint density at radius 3 is 2.20 bits per heavy atom. The van der Waals surface area contributed by atoms with Crippen LogP contribution in [0.4, 0.5) is 0 Å². The molecule has 0 radical (unpaired) electrons. The van der Waals surface area contributed by atoms with E-state index in [0.29, 0.717) is 35.3 Å². The Morgan fingerprint density at radius 2 is 1.70 bits per heavy atom. The molecule has 0 saturated carbocycles. The number of hydrogen-bond acceptors (Lipinski definition) is 5. The largest absolute Gasteiger partial charge is 0.497 e. The van der Waals surface area contributed by atoms with Gasteiger partial charge >= 0.3 is 17.9 Å². The number of aryl methyl sites for hydroxylation is 1. The Hall–Kier alpha value is -3.61. The third-order valence-electron chi connectivity index (χ3n) is 4.63. The first-order valence-corrected chi connectivity index (χ1v) is 9.27. The molecule has 2 rings (SSSR count). The number of methoxy groups -OCH3 is 1. The van der Waals surface area contributed by atoms with Crippen molar-refractivity contribution in [3.8, 4) is 16.9 Å². The van der Waals surface area contributed by atoms with Crippen LogP contribution in [0.3, 0.4) is 0 Å². The van der Waals surface area contributed by atoms with Crippen LogP contribution in [0.1, 0.15) is 45.2 Å². The summed E-state index contributed by atoms with van der Waals surface area (Å²) in [6, 6.07) is 8.01. The molecule has 0 amide bonds. The number of carboxylic acids is 2. The van der Waals surface area contributed by atoms with Crippen molar-refractivity contribution < 1.29 is 34.1 Å². The third kappa shape index (κ3) is 5.05. The summed E-state index contributed by atoms with van der Waals surface area (Å²) in [7, 11) is 1.50. The van der Waals surface area contributed by atoms with Crippen LogP contribution in [-0.4, -0.2) is 41.8 Å². The van der Waals surface area contributed by atoms with Gasteiger partial charge in [-0.2, -0.15) is 0 Å². The van der Waals surface area contributed by atoms with Gasteiger partial charge in [0.1, 0.15) is 5.75 Å². The molecule has 2 aromatic rings. The molecule has 0 aliphatic heterocycles. The maximum absolute atomic E-state index is 12.2. The molecule has 0 bridgehead atoms. The molecule has 2 N–H and O–H groups in total. The highest BCUT2D eigenvalue weighted by Crippen LogP contribution is 2.34. The van der Waals surface area contributed by atoms with Crippen LogP contribution in [0.25, 0.3) is 11.1 Å². The van der Waals surface area contributed by atoms with E-state index >= 15 is 0 Å². The van der Waals surface area contributed by atoms with Gasteiger partial charge in [0, 0.05) is 11.1 Å². The quantitative estimate of drug-likeness (QED) is 0.362. The van der Waals surface area contributed by atoms with Crippen LogP contribution in [0.5, 0.6) is 5.75 Å². The minimum absolute atomic E-state index is 0.0659. The lowest BCUT2D eigenvalue weighted by Gasteiger charge is -2.18. The fraction of sp³-hybridized carbons (Fsp3) is 0.261. The lowest BCUT2D eigenvalue weighted by Crippen LogP contribution is -2.14. The summed E-state index contributed by atoms with van der Waals surface area (Å²) in [4.78, 5) is 35.6. The number of ether oxygens (including phenoxy) is 2. The van der Waals surface area contributed by atoms with Crippen LogP contribution in [0, 0.1) is 6.92 Å². The fourth-order valence-electron chi connectivity index (χ4n) is 3.18. The van der Waals surface area contributed by atoms with Crippen molar-refractivity contribution in [3.05, 3.63) is 64.7 Å². The van der Waals surface area contributed by atoms with Crippen molar-refractivity contribution in [2.45, 2.75) is 26.7 Å². The molecular weight excluding hydrogens is 388 g/mol. The first-order valence-electron chi connectivity index (χ1n) is 9.27. The Kier molecular flexibility index (Phi) is 7.36. The van der Waals surface area contributed by atoms with Gasteiger partial charge in [-0.25, -0.2) is 14.4 Å². The first kappa shape index (κ1) is 22.7. The number of aromatic carboxylic acids is 2. The Bertz CT molecular complexity index is 988. The Morgan fingerprint density at radius 1 is 1.07 bits per heavy atom. The summed E-state index contributed by atoms with van der Waals surface area (Å²) >= 11 is 0. The summed E-state index contributed by atoms with van der Waals surface area (Å²) in [6.07, 6.45) is 0.689. The molecule has 0 spiro atoms. The third-order valence-corrected chi connectivity index (χ3v) is 4.63. The van der Waals surface area contributed by atoms with E-state index < -0.39 is 17.9 Å². The molecule has 0 heterocycles. The summed E-state index contributed by atoms with van der Waals surface area (Å²) in [6.45, 7) is 6.83. The monoisotopic (exact) mass is 412 g/mol. The minimum atomic E-state index is -1.22. The Balaban J connectivity index is 2.52. The molecule has 0 fully saturated rings. The second-order valence-electron chi connectivity index (χ2n) is 6.83. The molecule has 0 aromatic heterocycles. The standard InChI is InChI=1S/C23H24O7/c1-13(2)23(28)30-11-5-6-17-14(3)12-18(21(24)25)19(20(17)22(26)27)15-7-9-16(29-4)10-8-15/h7-10,12H,1,5-6,11H2,2-4H3,(H,24,25)(H,26,27). The van der Waals surface area contributed by atoms with Gasteiger partial charge in [0.05, 0.1) is 24.8 Å². The van der Waals surface area contributed by atoms with Crippen molar-refractivity contribution in [3.63, 3.8) is 0 Å². The van der Waals surface area contributed by atoms with Crippen LogP contribution >= 0.6 is 0 Å². The molecule has 0 aliphatic carbocycles. The topological polar surface area (TPSA) is 110 Å². The molecule has 0 unspecified atom stereocenters. The Labute approximate surface area is 174 Å². The van der Waals surface area contributed by atoms with E-state index in [-0.39, 0.29) is 28.9 Å². The van der Waals surface area contributed by atoms with Gasteiger partial charge in [0.2, 0.25) is 0 Å². The lowest BCUT2D eigenvalue weighted by molar-refractivity contribution is -0.139. The lowest BCUT2D eigenvalue weighted by atomic mass is 9.86. The van der Waals surface area contributed by atoms with E-state index in [0.717, 1.165) is 0 Å². The number of benzene rings is 2. The van der Waals surface area contributed by atoms with Gasteiger partial charge in [-0.05, 0) is 61.6 Å². The van der Waals surface area contributed by atoms with Crippen molar-refractivity contribution in [1.82, 2.24) is 0 Å². The summed E-state index contributed by atoms with van der Waals surface area (Å²) in [5, 5.41) is 19.6. The van der Waals surface area contributed by atoms with Gasteiger partial charge in [-0.15, -0.1) is 0 Å². The van der Waals surface area contributed by atoms with Crippen molar-refractivity contribution in [2.24, 2.45) is 0 Å². The molecular formula is C23H24O7. The van der Waals surface area contributed by atoms with Crippen LogP contribution in [0.15, 0.2) is 42.5 Å². The average Bonchev–Trinajstić information content (AvgIpc) is 2.70. The average molecular weight is 412 g/mol. The molecule has 0 atom stereocenters. The predicted molar refractivity (Wildman–Crippen MR) is 111 cm³/mol. The number of carbonyl (C=O) groups excluding carboxylic acids is 1.